The van der Waals surface area contributed by atoms with Crippen LogP contribution in [0.15, 0.2) is 113 Å². The van der Waals surface area contributed by atoms with E-state index in [1.54, 1.807) is 12.1 Å². The van der Waals surface area contributed by atoms with Crippen LogP contribution < -0.4 is 28.1 Å². The van der Waals surface area contributed by atoms with E-state index < -0.39 is 21.3 Å². The summed E-state index contributed by atoms with van der Waals surface area (Å²) in [6.07, 6.45) is 13.5. The summed E-state index contributed by atoms with van der Waals surface area (Å²) in [5.74, 6) is 0. The van der Waals surface area contributed by atoms with Crippen LogP contribution in [0.5, 0.6) is 0 Å². The van der Waals surface area contributed by atoms with Gasteiger partial charge in [-0.15, -0.1) is 0 Å². The Labute approximate surface area is 240 Å². The fourth-order valence-electron chi connectivity index (χ4n) is 5.93. The first-order valence-corrected chi connectivity index (χ1v) is 16.5. The normalized spacial score (nSPS) is 14.4. The molecule has 0 radical (unpaired) electrons. The Morgan fingerprint density at radius 1 is 0.622 bits per heavy atom. The summed E-state index contributed by atoms with van der Waals surface area (Å²) in [5.41, 5.74) is 11.4. The molecule has 3 aliphatic rings. The van der Waals surface area contributed by atoms with Gasteiger partial charge in [0.05, 0.1) is 0 Å². The van der Waals surface area contributed by atoms with E-state index in [1.807, 2.05) is 3.21 Å². The van der Waals surface area contributed by atoms with Gasteiger partial charge in [0.2, 0.25) is 0 Å². The molecule has 0 heterocycles. The summed E-state index contributed by atoms with van der Waals surface area (Å²) in [6.45, 7) is 0. The molecule has 4 aromatic carbocycles. The largest absolute Gasteiger partial charge is 1.00 e. The fourth-order valence-corrected chi connectivity index (χ4v) is 14.4. The van der Waals surface area contributed by atoms with Crippen molar-refractivity contribution in [1.29, 1.82) is 0 Å². The molecule has 0 aliphatic heterocycles. The van der Waals surface area contributed by atoms with Crippen molar-refractivity contribution < 1.29 is 46.1 Å². The summed E-state index contributed by atoms with van der Waals surface area (Å²) in [5, 5.41) is 0. The van der Waals surface area contributed by atoms with Crippen molar-refractivity contribution in [2.75, 3.05) is 0 Å². The predicted octanol–water partition coefficient (Wildman–Crippen LogP) is 2.04. The quantitative estimate of drug-likeness (QED) is 0.297. The van der Waals surface area contributed by atoms with Gasteiger partial charge < -0.3 is 24.8 Å². The number of hydrogen-bond acceptors (Lipinski definition) is 0. The Morgan fingerprint density at radius 2 is 1.30 bits per heavy atom. The van der Waals surface area contributed by atoms with E-state index >= 15 is 0 Å². The molecule has 1 saturated carbocycles. The average Bonchev–Trinajstić information content (AvgIpc) is 3.54. The molecule has 0 amide bonds. The van der Waals surface area contributed by atoms with Crippen molar-refractivity contribution >= 4 is 6.48 Å². The molecule has 4 aromatic rings. The third-order valence-electron chi connectivity index (χ3n) is 7.90. The summed E-state index contributed by atoms with van der Waals surface area (Å²) in [4.78, 5) is 0. The molecule has 0 bridgehead atoms. The minimum absolute atomic E-state index is 0. The van der Waals surface area contributed by atoms with Gasteiger partial charge in [0.15, 0.2) is 0 Å². The van der Waals surface area contributed by atoms with Crippen LogP contribution in [-0.2, 0) is 27.7 Å². The predicted molar refractivity (Wildman–Crippen MR) is 146 cm³/mol. The SMILES string of the molecule is C1=CC[C]([Zr+2](=[C]2CCC2)[c]2cc(-c3ccccc3)cc3c2Cc2ccc(-c4ccccc4)cc2-3)=C1.[Cl-].[Cl-]. The molecule has 0 saturated heterocycles. The van der Waals surface area contributed by atoms with Gasteiger partial charge in [-0.3, -0.25) is 0 Å². The van der Waals surface area contributed by atoms with E-state index in [0.717, 1.165) is 6.42 Å². The molecule has 0 unspecified atom stereocenters. The fraction of sp³-hybridized carbons (Fsp3) is 0.147. The molecule has 0 nitrogen and oxygen atoms in total. The molecule has 37 heavy (non-hydrogen) atoms. The van der Waals surface area contributed by atoms with Gasteiger partial charge in [0.25, 0.3) is 0 Å². The number of benzene rings is 4. The van der Waals surface area contributed by atoms with Gasteiger partial charge in [0, 0.05) is 0 Å². The van der Waals surface area contributed by atoms with Crippen LogP contribution >= 0.6 is 0 Å². The van der Waals surface area contributed by atoms with Gasteiger partial charge in [-0.1, -0.05) is 0 Å². The molecular weight excluding hydrogens is 571 g/mol. The van der Waals surface area contributed by atoms with Crippen molar-refractivity contribution in [3.63, 3.8) is 0 Å². The third kappa shape index (κ3) is 4.83. The molecule has 3 aliphatic carbocycles. The van der Waals surface area contributed by atoms with Gasteiger partial charge in [-0.2, -0.15) is 0 Å². The summed E-state index contributed by atoms with van der Waals surface area (Å²) in [6, 6.07) is 34.1. The van der Waals surface area contributed by atoms with Crippen LogP contribution in [0, 0.1) is 0 Å². The molecule has 3 heteroatoms. The molecule has 0 aromatic heterocycles. The maximum absolute atomic E-state index is 2.61. The first-order chi connectivity index (χ1) is 17.3. The Hall–Kier alpha value is -2.31. The monoisotopic (exact) mass is 596 g/mol. The number of fused-ring (bicyclic) bond motifs is 3. The maximum Gasteiger partial charge on any atom is -1.00 e. The van der Waals surface area contributed by atoms with Crippen molar-refractivity contribution in [1.82, 2.24) is 0 Å². The van der Waals surface area contributed by atoms with Gasteiger partial charge in [-0.05, 0) is 0 Å². The van der Waals surface area contributed by atoms with E-state index in [1.165, 1.54) is 64.6 Å². The Morgan fingerprint density at radius 3 is 1.92 bits per heavy atom. The zero-order valence-electron chi connectivity index (χ0n) is 20.7. The Bertz CT molecular complexity index is 1540. The standard InChI is InChI=1S/C25H17.C5H5.C4H6.2ClH.Zr/c1-3-7-18(8-4-1)20-11-13-22-15-23-14-12-21(17-25(23)24(22)16-20)19-9-5-2-6-10-19;1-2-4-5-3-1;1-2-4-3-1;;;/h1-13,16-17H,15H2;1-3H,4H2;1-3H2;2*1H;/q;;;;;+2/p-2. The average molecular weight is 599 g/mol. The van der Waals surface area contributed by atoms with Crippen LogP contribution in [0.1, 0.15) is 36.8 Å². The topological polar surface area (TPSA) is 0 Å². The molecular formula is C34H28Cl2Zr. The van der Waals surface area contributed by atoms with Crippen LogP contribution in [-0.4, -0.2) is 3.21 Å². The third-order valence-corrected chi connectivity index (χ3v) is 15.8. The van der Waals surface area contributed by atoms with E-state index in [-0.39, 0.29) is 24.8 Å². The first-order valence-electron chi connectivity index (χ1n) is 12.8. The molecule has 0 atom stereocenters. The second-order valence-corrected chi connectivity index (χ2v) is 16.5. The van der Waals surface area contributed by atoms with Crippen LogP contribution in [0.25, 0.3) is 33.4 Å². The minimum Gasteiger partial charge on any atom is -1.00 e. The zero-order chi connectivity index (χ0) is 23.2. The van der Waals surface area contributed by atoms with Crippen molar-refractivity contribution in [2.24, 2.45) is 0 Å². The van der Waals surface area contributed by atoms with Gasteiger partial charge >= 0.3 is 217 Å². The van der Waals surface area contributed by atoms with Crippen molar-refractivity contribution in [3.8, 4) is 33.4 Å². The Balaban J connectivity index is 0.00000140. The van der Waals surface area contributed by atoms with Crippen molar-refractivity contribution in [2.45, 2.75) is 32.1 Å². The second-order valence-electron chi connectivity index (χ2n) is 9.99. The number of allylic oxidation sites excluding steroid dienone is 4. The number of halogens is 2. The van der Waals surface area contributed by atoms with E-state index in [9.17, 15) is 0 Å². The minimum atomic E-state index is -2.08. The Kier molecular flexibility index (Phi) is 7.97. The van der Waals surface area contributed by atoms with Crippen molar-refractivity contribution in [3.05, 3.63) is 124 Å². The van der Waals surface area contributed by atoms with Crippen LogP contribution in [0.3, 0.4) is 0 Å². The van der Waals surface area contributed by atoms with E-state index in [2.05, 4.69) is 109 Å². The van der Waals surface area contributed by atoms with Gasteiger partial charge in [0.1, 0.15) is 0 Å². The molecule has 7 rings (SSSR count). The zero-order valence-corrected chi connectivity index (χ0v) is 24.7. The molecule has 1 fully saturated rings. The summed E-state index contributed by atoms with van der Waals surface area (Å²) in [7, 11) is 0. The number of rotatable bonds is 4. The number of hydrogen-bond donors (Lipinski definition) is 0. The second kappa shape index (κ2) is 11.2. The molecule has 182 valence electrons. The van der Waals surface area contributed by atoms with E-state index in [0.29, 0.717) is 0 Å². The smallest absolute Gasteiger partial charge is 1.00 e. The van der Waals surface area contributed by atoms with Crippen LogP contribution in [0.2, 0.25) is 0 Å². The molecule has 0 N–H and O–H groups in total. The van der Waals surface area contributed by atoms with Crippen LogP contribution in [0.4, 0.5) is 0 Å². The summed E-state index contributed by atoms with van der Waals surface area (Å²) < 4.78 is 5.44. The first kappa shape index (κ1) is 26.3. The van der Waals surface area contributed by atoms with E-state index in [4.69, 9.17) is 0 Å². The summed E-state index contributed by atoms with van der Waals surface area (Å²) >= 11 is -2.08. The van der Waals surface area contributed by atoms with Gasteiger partial charge in [-0.25, -0.2) is 0 Å². The maximum atomic E-state index is 2.61. The molecule has 0 spiro atoms.